The van der Waals surface area contributed by atoms with Gasteiger partial charge in [0, 0.05) is 12.1 Å². The molecule has 0 heterocycles. The van der Waals surface area contributed by atoms with Crippen LogP contribution < -0.4 is 5.32 Å². The predicted molar refractivity (Wildman–Crippen MR) is 76.1 cm³/mol. The number of hydrogen-bond donors (Lipinski definition) is 1. The van der Waals surface area contributed by atoms with Crippen molar-refractivity contribution in [3.05, 3.63) is 35.4 Å². The van der Waals surface area contributed by atoms with Gasteiger partial charge in [0.2, 0.25) is 0 Å². The highest BCUT2D eigenvalue weighted by Gasteiger charge is 2.25. The highest BCUT2D eigenvalue weighted by molar-refractivity contribution is 5.19. The lowest BCUT2D eigenvalue weighted by Crippen LogP contribution is -2.36. The van der Waals surface area contributed by atoms with E-state index >= 15 is 0 Å². The number of nitrogens with one attached hydrogen (secondary N) is 1. The molecule has 108 valence electrons. The van der Waals surface area contributed by atoms with Gasteiger partial charge in [-0.25, -0.2) is 8.78 Å². The van der Waals surface area contributed by atoms with Gasteiger partial charge in [-0.1, -0.05) is 40.7 Å². The van der Waals surface area contributed by atoms with E-state index in [2.05, 4.69) is 39.9 Å². The van der Waals surface area contributed by atoms with E-state index in [4.69, 9.17) is 0 Å². The van der Waals surface area contributed by atoms with Crippen LogP contribution in [0.2, 0.25) is 0 Å². The Bertz CT molecular complexity index is 408. The van der Waals surface area contributed by atoms with Crippen molar-refractivity contribution < 1.29 is 8.78 Å². The second kappa shape index (κ2) is 6.47. The maximum atomic E-state index is 13.7. The second-order valence-corrected chi connectivity index (χ2v) is 6.57. The van der Waals surface area contributed by atoms with Crippen molar-refractivity contribution in [2.75, 3.05) is 6.54 Å². The number of rotatable bonds is 5. The maximum Gasteiger partial charge on any atom is 0.129 e. The fourth-order valence-corrected chi connectivity index (χ4v) is 2.02. The van der Waals surface area contributed by atoms with Crippen molar-refractivity contribution in [3.8, 4) is 0 Å². The van der Waals surface area contributed by atoms with E-state index in [0.717, 1.165) is 12.6 Å². The molecular formula is C16H25F2N. The molecule has 19 heavy (non-hydrogen) atoms. The fourth-order valence-electron chi connectivity index (χ4n) is 2.02. The molecule has 0 aliphatic heterocycles. The molecule has 3 heteroatoms. The molecule has 0 saturated heterocycles. The SMILES string of the molecule is CC(C)NCC(Cc1ccc(F)cc1F)C(C)(C)C. The summed E-state index contributed by atoms with van der Waals surface area (Å²) < 4.78 is 26.7. The van der Waals surface area contributed by atoms with Gasteiger partial charge >= 0.3 is 0 Å². The molecule has 0 aliphatic carbocycles. The zero-order valence-electron chi connectivity index (χ0n) is 12.6. The van der Waals surface area contributed by atoms with E-state index < -0.39 is 11.6 Å². The van der Waals surface area contributed by atoms with Crippen LogP contribution in [-0.2, 0) is 6.42 Å². The minimum absolute atomic E-state index is 0.0721. The molecule has 1 N–H and O–H groups in total. The summed E-state index contributed by atoms with van der Waals surface area (Å²) >= 11 is 0. The molecule has 0 aromatic heterocycles. The summed E-state index contributed by atoms with van der Waals surface area (Å²) in [5.41, 5.74) is 0.662. The summed E-state index contributed by atoms with van der Waals surface area (Å²) in [7, 11) is 0. The van der Waals surface area contributed by atoms with Crippen molar-refractivity contribution in [2.24, 2.45) is 11.3 Å². The van der Waals surface area contributed by atoms with Crippen LogP contribution in [0.5, 0.6) is 0 Å². The van der Waals surface area contributed by atoms with E-state index in [1.54, 1.807) is 6.07 Å². The number of hydrogen-bond acceptors (Lipinski definition) is 1. The first kappa shape index (κ1) is 16.1. The Morgan fingerprint density at radius 3 is 2.26 bits per heavy atom. The molecule has 1 unspecified atom stereocenters. The molecule has 1 nitrogen and oxygen atoms in total. The summed E-state index contributed by atoms with van der Waals surface area (Å²) in [4.78, 5) is 0. The second-order valence-electron chi connectivity index (χ2n) is 6.57. The topological polar surface area (TPSA) is 12.0 Å². The smallest absolute Gasteiger partial charge is 0.129 e. The quantitative estimate of drug-likeness (QED) is 0.846. The molecule has 0 aliphatic rings. The predicted octanol–water partition coefficient (Wildman–Crippen LogP) is 4.17. The van der Waals surface area contributed by atoms with Crippen LogP contribution in [0, 0.1) is 23.0 Å². The van der Waals surface area contributed by atoms with Gasteiger partial charge in [0.25, 0.3) is 0 Å². The van der Waals surface area contributed by atoms with E-state index in [0.29, 0.717) is 23.9 Å². The zero-order valence-corrected chi connectivity index (χ0v) is 12.6. The van der Waals surface area contributed by atoms with Crippen molar-refractivity contribution >= 4 is 0 Å². The Morgan fingerprint density at radius 1 is 1.16 bits per heavy atom. The van der Waals surface area contributed by atoms with Crippen molar-refractivity contribution in [1.82, 2.24) is 5.32 Å². The molecule has 1 aromatic carbocycles. The first-order valence-electron chi connectivity index (χ1n) is 6.87. The monoisotopic (exact) mass is 269 g/mol. The lowest BCUT2D eigenvalue weighted by atomic mass is 9.77. The van der Waals surface area contributed by atoms with Crippen LogP contribution in [0.15, 0.2) is 18.2 Å². The van der Waals surface area contributed by atoms with Crippen LogP contribution in [0.25, 0.3) is 0 Å². The van der Waals surface area contributed by atoms with Gasteiger partial charge in [0.05, 0.1) is 0 Å². The Labute approximate surface area is 115 Å². The molecular weight excluding hydrogens is 244 g/mol. The minimum atomic E-state index is -0.520. The average Bonchev–Trinajstić information content (AvgIpc) is 2.24. The Balaban J connectivity index is 2.82. The van der Waals surface area contributed by atoms with Gasteiger partial charge in [0.1, 0.15) is 11.6 Å². The van der Waals surface area contributed by atoms with Crippen molar-refractivity contribution in [3.63, 3.8) is 0 Å². The fraction of sp³-hybridized carbons (Fsp3) is 0.625. The molecule has 0 bridgehead atoms. The lowest BCUT2D eigenvalue weighted by molar-refractivity contribution is 0.225. The first-order valence-corrected chi connectivity index (χ1v) is 6.87. The van der Waals surface area contributed by atoms with Gasteiger partial charge in [-0.3, -0.25) is 0 Å². The van der Waals surface area contributed by atoms with Crippen LogP contribution in [0.4, 0.5) is 8.78 Å². The summed E-state index contributed by atoms with van der Waals surface area (Å²) in [6.07, 6.45) is 0.620. The van der Waals surface area contributed by atoms with Crippen molar-refractivity contribution in [2.45, 2.75) is 47.1 Å². The van der Waals surface area contributed by atoms with Gasteiger partial charge in [-0.15, -0.1) is 0 Å². The summed E-state index contributed by atoms with van der Waals surface area (Å²) in [6, 6.07) is 4.25. The third-order valence-corrected chi connectivity index (χ3v) is 3.48. The highest BCUT2D eigenvalue weighted by atomic mass is 19.1. The zero-order chi connectivity index (χ0) is 14.6. The highest BCUT2D eigenvalue weighted by Crippen LogP contribution is 2.29. The largest absolute Gasteiger partial charge is 0.314 e. The van der Waals surface area contributed by atoms with Gasteiger partial charge < -0.3 is 5.32 Å². The molecule has 1 aromatic rings. The molecule has 0 saturated carbocycles. The van der Waals surface area contributed by atoms with E-state index in [1.165, 1.54) is 6.07 Å². The summed E-state index contributed by atoms with van der Waals surface area (Å²) in [5, 5.41) is 3.41. The molecule has 1 atom stereocenters. The molecule has 0 fully saturated rings. The van der Waals surface area contributed by atoms with Gasteiger partial charge in [0.15, 0.2) is 0 Å². The first-order chi connectivity index (χ1) is 8.70. The Morgan fingerprint density at radius 2 is 1.79 bits per heavy atom. The maximum absolute atomic E-state index is 13.7. The van der Waals surface area contributed by atoms with Crippen LogP contribution in [-0.4, -0.2) is 12.6 Å². The van der Waals surface area contributed by atoms with E-state index in [-0.39, 0.29) is 5.41 Å². The van der Waals surface area contributed by atoms with Crippen LogP contribution in [0.1, 0.15) is 40.2 Å². The third-order valence-electron chi connectivity index (χ3n) is 3.48. The van der Waals surface area contributed by atoms with Crippen molar-refractivity contribution in [1.29, 1.82) is 0 Å². The van der Waals surface area contributed by atoms with Crippen LogP contribution >= 0.6 is 0 Å². The third kappa shape index (κ3) is 5.27. The number of benzene rings is 1. The van der Waals surface area contributed by atoms with Gasteiger partial charge in [-0.2, -0.15) is 0 Å². The molecule has 0 amide bonds. The Hall–Kier alpha value is -0.960. The minimum Gasteiger partial charge on any atom is -0.314 e. The normalized spacial score (nSPS) is 13.9. The van der Waals surface area contributed by atoms with Gasteiger partial charge in [-0.05, 0) is 35.9 Å². The average molecular weight is 269 g/mol. The molecule has 1 rings (SSSR count). The standard InChI is InChI=1S/C16H25F2N/c1-11(2)19-10-13(16(3,4)5)8-12-6-7-14(17)9-15(12)18/h6-7,9,11,13,19H,8,10H2,1-5H3. The molecule has 0 radical (unpaired) electrons. The van der Waals surface area contributed by atoms with Crippen LogP contribution in [0.3, 0.4) is 0 Å². The summed E-state index contributed by atoms with van der Waals surface area (Å²) in [6.45, 7) is 11.5. The van der Waals surface area contributed by atoms with E-state index in [1.807, 2.05) is 0 Å². The summed E-state index contributed by atoms with van der Waals surface area (Å²) in [5.74, 6) is -0.664. The Kier molecular flexibility index (Phi) is 5.48. The lowest BCUT2D eigenvalue weighted by Gasteiger charge is -2.32. The molecule has 0 spiro atoms. The number of halogens is 2. The van der Waals surface area contributed by atoms with E-state index in [9.17, 15) is 8.78 Å².